The number of aliphatic carboxylic acids is 1. The van der Waals surface area contributed by atoms with Crippen molar-refractivity contribution in [2.75, 3.05) is 6.61 Å². The quantitative estimate of drug-likeness (QED) is 0.306. The molecule has 0 radical (unpaired) electrons. The first-order valence-electron chi connectivity index (χ1n) is 12.8. The van der Waals surface area contributed by atoms with E-state index in [2.05, 4.69) is 31.2 Å². The van der Waals surface area contributed by atoms with Gasteiger partial charge in [-0.25, -0.2) is 0 Å². The molecule has 0 atom stereocenters. The van der Waals surface area contributed by atoms with Crippen molar-refractivity contribution in [3.8, 4) is 16.9 Å². The second-order valence-electron chi connectivity index (χ2n) is 9.06. The summed E-state index contributed by atoms with van der Waals surface area (Å²) >= 11 is 0. The number of aryl methyl sites for hydroxylation is 1. The summed E-state index contributed by atoms with van der Waals surface area (Å²) in [6.45, 7) is 2.84. The van der Waals surface area contributed by atoms with Crippen LogP contribution < -0.4 is 4.74 Å². The average molecular weight is 473 g/mol. The van der Waals surface area contributed by atoms with Crippen molar-refractivity contribution in [3.05, 3.63) is 89.5 Å². The largest absolute Gasteiger partial charge is 0.493 e. The van der Waals surface area contributed by atoms with Crippen LogP contribution in [0.3, 0.4) is 0 Å². The molecule has 0 saturated heterocycles. The molecule has 0 unspecified atom stereocenters. The summed E-state index contributed by atoms with van der Waals surface area (Å²) in [6.07, 6.45) is 3.67. The molecule has 3 aromatic rings. The molecule has 3 aromatic carbocycles. The van der Waals surface area contributed by atoms with Crippen molar-refractivity contribution in [2.45, 2.75) is 58.0 Å². The Kier molecular flexibility index (Phi) is 7.74. The highest BCUT2D eigenvalue weighted by molar-refractivity contribution is 5.95. The van der Waals surface area contributed by atoms with Gasteiger partial charge in [-0.15, -0.1) is 0 Å². The van der Waals surface area contributed by atoms with Crippen LogP contribution in [-0.4, -0.2) is 34.5 Å². The summed E-state index contributed by atoms with van der Waals surface area (Å²) in [4.78, 5) is 25.9. The third kappa shape index (κ3) is 6.95. The molecule has 1 N–H and O–H groups in total. The first-order valence-corrected chi connectivity index (χ1v) is 12.3. The molecule has 0 aliphatic heterocycles. The minimum absolute atomic E-state index is 0.151. The molecule has 0 spiro atoms. The zero-order valence-corrected chi connectivity index (χ0v) is 20.2. The van der Waals surface area contributed by atoms with Gasteiger partial charge in [0.15, 0.2) is 0 Å². The predicted octanol–water partition coefficient (Wildman–Crippen LogP) is 6.49. The van der Waals surface area contributed by atoms with Crippen molar-refractivity contribution in [3.63, 3.8) is 0 Å². The summed E-state index contributed by atoms with van der Waals surface area (Å²) in [5.74, 6) is -0.228. The van der Waals surface area contributed by atoms with Gasteiger partial charge < -0.3 is 14.7 Å². The van der Waals surface area contributed by atoms with E-state index in [4.69, 9.17) is 11.2 Å². The number of carbonyl (C=O) groups excluding carboxylic acids is 1. The zero-order chi connectivity index (χ0) is 25.5. The summed E-state index contributed by atoms with van der Waals surface area (Å²) in [5.41, 5.74) is 4.79. The lowest BCUT2D eigenvalue weighted by Gasteiger charge is -2.24. The smallest absolute Gasteiger partial charge is 0.303 e. The Morgan fingerprint density at radius 3 is 2.26 bits per heavy atom. The number of carboxylic acids is 1. The summed E-state index contributed by atoms with van der Waals surface area (Å²) < 4.78 is 14.8. The molecule has 0 heterocycles. The molecule has 182 valence electrons. The Bertz CT molecular complexity index is 1190. The number of hydrogen-bond donors (Lipinski definition) is 1. The Morgan fingerprint density at radius 2 is 1.60 bits per heavy atom. The molecule has 5 heteroatoms. The molecule has 1 aliphatic rings. The van der Waals surface area contributed by atoms with E-state index in [1.807, 2.05) is 48.5 Å². The van der Waals surface area contributed by atoms with Gasteiger partial charge >= 0.3 is 5.97 Å². The second-order valence-corrected chi connectivity index (χ2v) is 9.06. The maximum absolute atomic E-state index is 13.5. The number of rotatable bonds is 12. The van der Waals surface area contributed by atoms with Crippen LogP contribution in [0.5, 0.6) is 5.75 Å². The van der Waals surface area contributed by atoms with E-state index in [9.17, 15) is 9.59 Å². The molecule has 1 aliphatic carbocycles. The van der Waals surface area contributed by atoms with E-state index in [0.717, 1.165) is 29.5 Å². The SMILES string of the molecule is [2H]C1(N(Cc2ccccc2OCCCCCC(=O)O)C(=O)c2ccc(-c3ccc(C)cc3)cc2)CC1. The number of amides is 1. The molecule has 1 saturated carbocycles. The number of hydrogen-bond acceptors (Lipinski definition) is 3. The van der Waals surface area contributed by atoms with Crippen molar-refractivity contribution in [2.24, 2.45) is 0 Å². The predicted molar refractivity (Wildman–Crippen MR) is 138 cm³/mol. The number of unbranched alkanes of at least 4 members (excludes halogenated alkanes) is 2. The van der Waals surface area contributed by atoms with Crippen molar-refractivity contribution in [1.29, 1.82) is 0 Å². The van der Waals surface area contributed by atoms with Crippen LogP contribution in [0, 0.1) is 6.92 Å². The van der Waals surface area contributed by atoms with E-state index in [1.54, 1.807) is 4.90 Å². The number of ether oxygens (including phenoxy) is 1. The van der Waals surface area contributed by atoms with Crippen LogP contribution in [0.25, 0.3) is 11.1 Å². The van der Waals surface area contributed by atoms with Crippen molar-refractivity contribution in [1.82, 2.24) is 4.90 Å². The maximum atomic E-state index is 13.5. The third-order valence-electron chi connectivity index (χ3n) is 6.21. The molecule has 35 heavy (non-hydrogen) atoms. The highest BCUT2D eigenvalue weighted by atomic mass is 16.5. The summed E-state index contributed by atoms with van der Waals surface area (Å²) in [7, 11) is 0. The normalized spacial score (nSPS) is 14.1. The van der Waals surface area contributed by atoms with Gasteiger partial charge in [0, 0.05) is 30.1 Å². The monoisotopic (exact) mass is 472 g/mol. The number of benzene rings is 3. The second kappa shape index (κ2) is 11.7. The molecule has 5 nitrogen and oxygen atoms in total. The van der Waals surface area contributed by atoms with Crippen LogP contribution in [-0.2, 0) is 11.3 Å². The molecule has 4 rings (SSSR count). The van der Waals surface area contributed by atoms with Gasteiger partial charge in [0.25, 0.3) is 5.91 Å². The van der Waals surface area contributed by atoms with Crippen LogP contribution in [0.2, 0.25) is 0 Å². The first-order chi connectivity index (χ1) is 17.4. The molecule has 1 amide bonds. The van der Waals surface area contributed by atoms with Gasteiger partial charge in [0.1, 0.15) is 5.75 Å². The highest BCUT2D eigenvalue weighted by Crippen LogP contribution is 2.32. The van der Waals surface area contributed by atoms with E-state index < -0.39 is 12.0 Å². The highest BCUT2D eigenvalue weighted by Gasteiger charge is 2.33. The average Bonchev–Trinajstić information content (AvgIpc) is 3.63. The Balaban J connectivity index is 1.44. The number of nitrogens with zero attached hydrogens (tertiary/aromatic N) is 1. The van der Waals surface area contributed by atoms with Gasteiger partial charge in [-0.1, -0.05) is 60.2 Å². The van der Waals surface area contributed by atoms with Crippen LogP contribution in [0.4, 0.5) is 0 Å². The Labute approximate surface area is 208 Å². The molecule has 0 bridgehead atoms. The van der Waals surface area contributed by atoms with E-state index in [0.29, 0.717) is 43.7 Å². The van der Waals surface area contributed by atoms with Crippen molar-refractivity contribution < 1.29 is 20.8 Å². The Hall–Kier alpha value is -3.60. The third-order valence-corrected chi connectivity index (χ3v) is 6.21. The molecule has 1 fully saturated rings. The fourth-order valence-corrected chi connectivity index (χ4v) is 4.04. The van der Waals surface area contributed by atoms with Gasteiger partial charge in [-0.3, -0.25) is 9.59 Å². The topological polar surface area (TPSA) is 66.8 Å². The van der Waals surface area contributed by atoms with Gasteiger partial charge in [-0.2, -0.15) is 0 Å². The molecular weight excluding hydrogens is 438 g/mol. The summed E-state index contributed by atoms with van der Waals surface area (Å²) in [6, 6.07) is 22.6. The van der Waals surface area contributed by atoms with Gasteiger partial charge in [0.05, 0.1) is 7.98 Å². The van der Waals surface area contributed by atoms with E-state index in [1.165, 1.54) is 5.56 Å². The fraction of sp³-hybridized carbons (Fsp3) is 0.333. The zero-order valence-electron chi connectivity index (χ0n) is 21.2. The standard InChI is InChI=1S/C30H33NO4/c1-22-10-12-23(13-11-22)24-14-16-25(17-15-24)30(34)31(27-18-19-27)21-26-7-4-5-8-28(26)35-20-6-2-3-9-29(32)33/h4-5,7-8,10-17,27H,2-3,6,9,18-21H2,1H3,(H,32,33)/i27D. The summed E-state index contributed by atoms with van der Waals surface area (Å²) in [5, 5.41) is 8.76. The van der Waals surface area contributed by atoms with E-state index >= 15 is 0 Å². The minimum Gasteiger partial charge on any atom is -0.493 e. The van der Waals surface area contributed by atoms with Crippen LogP contribution in [0.15, 0.2) is 72.8 Å². The lowest BCUT2D eigenvalue weighted by molar-refractivity contribution is -0.137. The van der Waals surface area contributed by atoms with Crippen LogP contribution in [0.1, 0.15) is 61.4 Å². The van der Waals surface area contributed by atoms with Gasteiger partial charge in [-0.05, 0) is 68.4 Å². The fourth-order valence-electron chi connectivity index (χ4n) is 4.04. The maximum Gasteiger partial charge on any atom is 0.303 e. The lowest BCUT2D eigenvalue weighted by atomic mass is 10.0. The minimum atomic E-state index is -0.892. The molecule has 0 aromatic heterocycles. The number of para-hydroxylation sites is 1. The Morgan fingerprint density at radius 1 is 0.943 bits per heavy atom. The molecular formula is C30H33NO4. The number of carboxylic acid groups (broad SMARTS) is 1. The first kappa shape index (κ1) is 23.2. The van der Waals surface area contributed by atoms with Crippen molar-refractivity contribution >= 4 is 11.9 Å². The lowest BCUT2D eigenvalue weighted by Crippen LogP contribution is -2.32. The number of carbonyl (C=O) groups is 2. The van der Waals surface area contributed by atoms with Gasteiger partial charge in [0.2, 0.25) is 0 Å². The van der Waals surface area contributed by atoms with E-state index in [-0.39, 0.29) is 12.3 Å². The van der Waals surface area contributed by atoms with Crippen LogP contribution >= 0.6 is 0 Å².